The molecule has 0 aromatic heterocycles. The van der Waals surface area contributed by atoms with Crippen LogP contribution in [0, 0.1) is 23.2 Å². The molecule has 2 saturated heterocycles. The first-order chi connectivity index (χ1) is 12.2. The molecule has 0 unspecified atom stereocenters. The Morgan fingerprint density at radius 2 is 2.00 bits per heavy atom. The zero-order chi connectivity index (χ0) is 19.0. The Bertz CT molecular complexity index is 720. The molecule has 2 N–H and O–H groups in total. The van der Waals surface area contributed by atoms with Gasteiger partial charge in [-0.15, -0.1) is 0 Å². The van der Waals surface area contributed by atoms with Gasteiger partial charge in [0.25, 0.3) is 0 Å². The molecule has 5 heteroatoms. The van der Waals surface area contributed by atoms with Gasteiger partial charge in [0.1, 0.15) is 6.10 Å². The highest BCUT2D eigenvalue weighted by atomic mass is 16.6. The van der Waals surface area contributed by atoms with E-state index in [1.165, 1.54) is 12.7 Å². The Kier molecular flexibility index (Phi) is 3.97. The van der Waals surface area contributed by atoms with Crippen molar-refractivity contribution in [3.8, 4) is 0 Å². The number of fused-ring (bicyclic) bond motifs is 6. The maximum atomic E-state index is 12.4. The molecule has 5 nitrogen and oxygen atoms in total. The Hall–Kier alpha value is -1.17. The second kappa shape index (κ2) is 5.66. The fourth-order valence-electron chi connectivity index (χ4n) is 6.14. The van der Waals surface area contributed by atoms with Crippen LogP contribution in [0.3, 0.4) is 0 Å². The molecule has 2 bridgehead atoms. The van der Waals surface area contributed by atoms with E-state index in [0.717, 1.165) is 24.8 Å². The van der Waals surface area contributed by atoms with Crippen molar-refractivity contribution >= 4 is 5.97 Å². The summed E-state index contributed by atoms with van der Waals surface area (Å²) in [5, 5.41) is 23.1. The highest BCUT2D eigenvalue weighted by molar-refractivity contribution is 5.90. The van der Waals surface area contributed by atoms with E-state index < -0.39 is 23.4 Å². The number of hydrogen-bond acceptors (Lipinski definition) is 5. The molecule has 0 aromatic carbocycles. The minimum Gasteiger partial charge on any atom is -0.466 e. The normalized spacial score (nSPS) is 44.5. The Morgan fingerprint density at radius 3 is 2.62 bits per heavy atom. The molecule has 0 radical (unpaired) electrons. The van der Waals surface area contributed by atoms with Crippen LogP contribution in [0.2, 0.25) is 0 Å². The Labute approximate surface area is 155 Å². The van der Waals surface area contributed by atoms with Gasteiger partial charge in [0.15, 0.2) is 5.79 Å². The minimum atomic E-state index is -1.54. The van der Waals surface area contributed by atoms with Gasteiger partial charge >= 0.3 is 5.97 Å². The van der Waals surface area contributed by atoms with Crippen molar-refractivity contribution in [2.75, 3.05) is 7.11 Å². The number of carbonyl (C=O) groups is 1. The first kappa shape index (κ1) is 18.2. The molecule has 2 aliphatic heterocycles. The highest BCUT2D eigenvalue weighted by Gasteiger charge is 2.68. The molecule has 26 heavy (non-hydrogen) atoms. The third-order valence-corrected chi connectivity index (χ3v) is 7.54. The lowest BCUT2D eigenvalue weighted by atomic mass is 9.59. The van der Waals surface area contributed by atoms with E-state index in [1.807, 2.05) is 6.92 Å². The highest BCUT2D eigenvalue weighted by Crippen LogP contribution is 2.65. The molecule has 0 spiro atoms. The van der Waals surface area contributed by atoms with Crippen LogP contribution in [-0.2, 0) is 14.3 Å². The van der Waals surface area contributed by atoms with E-state index in [0.29, 0.717) is 23.5 Å². The quantitative estimate of drug-likeness (QED) is 0.583. The summed E-state index contributed by atoms with van der Waals surface area (Å²) in [4.78, 5) is 12.4. The van der Waals surface area contributed by atoms with E-state index in [1.54, 1.807) is 0 Å². The molecule has 2 fully saturated rings. The van der Waals surface area contributed by atoms with Crippen molar-refractivity contribution in [1.82, 2.24) is 0 Å². The van der Waals surface area contributed by atoms with Gasteiger partial charge in [0.2, 0.25) is 0 Å². The standard InChI is InChI=1S/C21H30O5/c1-10(2)12-8-9-20(4)16(12)17(22)18-11(3)13-6-7-14(19(23)25-5)15(13)21(20,24)26-18/h10-11,13,17-18,22,24H,6-9H2,1-5H3/t11-,13+,17+,18-,20+,21+/m1/s1. The third-order valence-electron chi connectivity index (χ3n) is 7.54. The number of allylic oxidation sites excluding steroid dienone is 1. The Morgan fingerprint density at radius 1 is 1.31 bits per heavy atom. The van der Waals surface area contributed by atoms with Gasteiger partial charge in [-0.2, -0.15) is 0 Å². The van der Waals surface area contributed by atoms with Crippen LogP contribution in [0.1, 0.15) is 53.4 Å². The molecule has 4 rings (SSSR count). The van der Waals surface area contributed by atoms with Crippen molar-refractivity contribution in [3.05, 3.63) is 22.3 Å². The number of rotatable bonds is 2. The number of ether oxygens (including phenoxy) is 2. The largest absolute Gasteiger partial charge is 0.466 e. The van der Waals surface area contributed by atoms with Gasteiger partial charge in [-0.05, 0) is 49.0 Å². The summed E-state index contributed by atoms with van der Waals surface area (Å²) < 4.78 is 11.2. The second-order valence-corrected chi connectivity index (χ2v) is 8.99. The summed E-state index contributed by atoms with van der Waals surface area (Å²) in [5.74, 6) is -1.52. The lowest BCUT2D eigenvalue weighted by Gasteiger charge is -2.59. The van der Waals surface area contributed by atoms with E-state index in [4.69, 9.17) is 9.47 Å². The predicted octanol–water partition coefficient (Wildman–Crippen LogP) is 2.72. The van der Waals surface area contributed by atoms with Crippen molar-refractivity contribution in [2.45, 2.75) is 71.4 Å². The summed E-state index contributed by atoms with van der Waals surface area (Å²) in [5.41, 5.74) is 2.75. The van der Waals surface area contributed by atoms with Gasteiger partial charge < -0.3 is 19.7 Å². The van der Waals surface area contributed by atoms with E-state index in [-0.39, 0.29) is 17.8 Å². The predicted molar refractivity (Wildman–Crippen MR) is 96.0 cm³/mol. The molecule has 4 aliphatic rings. The number of hydrogen-bond donors (Lipinski definition) is 2. The molecule has 6 atom stereocenters. The van der Waals surface area contributed by atoms with Crippen molar-refractivity contribution in [2.24, 2.45) is 23.2 Å². The first-order valence-corrected chi connectivity index (χ1v) is 9.81. The molecule has 0 saturated carbocycles. The molecular weight excluding hydrogens is 332 g/mol. The van der Waals surface area contributed by atoms with Crippen molar-refractivity contribution in [1.29, 1.82) is 0 Å². The summed E-state index contributed by atoms with van der Waals surface area (Å²) >= 11 is 0. The number of aliphatic hydroxyl groups is 2. The molecule has 2 heterocycles. The van der Waals surface area contributed by atoms with Crippen LogP contribution in [-0.4, -0.2) is 41.3 Å². The van der Waals surface area contributed by atoms with Crippen LogP contribution in [0.15, 0.2) is 22.3 Å². The fourth-order valence-corrected chi connectivity index (χ4v) is 6.14. The van der Waals surface area contributed by atoms with E-state index in [9.17, 15) is 15.0 Å². The summed E-state index contributed by atoms with van der Waals surface area (Å²) in [6.07, 6.45) is 1.81. The fraction of sp³-hybridized carbons (Fsp3) is 0.762. The molecule has 0 amide bonds. The van der Waals surface area contributed by atoms with Crippen LogP contribution in [0.25, 0.3) is 0 Å². The first-order valence-electron chi connectivity index (χ1n) is 9.81. The zero-order valence-corrected chi connectivity index (χ0v) is 16.3. The molecular formula is C21H30O5. The average Bonchev–Trinajstić information content (AvgIpc) is 3.19. The maximum absolute atomic E-state index is 12.4. The van der Waals surface area contributed by atoms with Crippen molar-refractivity contribution in [3.63, 3.8) is 0 Å². The monoisotopic (exact) mass is 362 g/mol. The van der Waals surface area contributed by atoms with Gasteiger partial charge in [-0.3, -0.25) is 0 Å². The van der Waals surface area contributed by atoms with Gasteiger partial charge in [0, 0.05) is 16.6 Å². The molecule has 2 aliphatic carbocycles. The van der Waals surface area contributed by atoms with Crippen LogP contribution in [0.4, 0.5) is 0 Å². The summed E-state index contributed by atoms with van der Waals surface area (Å²) in [7, 11) is 1.38. The third kappa shape index (κ3) is 2.00. The van der Waals surface area contributed by atoms with Gasteiger partial charge in [0.05, 0.1) is 13.2 Å². The molecule has 144 valence electrons. The van der Waals surface area contributed by atoms with Crippen LogP contribution < -0.4 is 0 Å². The summed E-state index contributed by atoms with van der Waals surface area (Å²) in [6, 6.07) is 0. The number of methoxy groups -OCH3 is 1. The zero-order valence-electron chi connectivity index (χ0n) is 16.3. The number of aliphatic hydroxyl groups excluding tert-OH is 1. The Balaban J connectivity index is 1.96. The van der Waals surface area contributed by atoms with Crippen LogP contribution >= 0.6 is 0 Å². The SMILES string of the molecule is COC(=O)C1=C2[C@@H](CC1)[C@@H](C)[C@H]1O[C@]2(O)[C@@]2(C)CCC(C(C)C)=C2[C@@H]1O. The number of carbonyl (C=O) groups excluding carboxylic acids is 1. The minimum absolute atomic E-state index is 0.0356. The van der Waals surface area contributed by atoms with Gasteiger partial charge in [-0.25, -0.2) is 4.79 Å². The number of esters is 1. The second-order valence-electron chi connectivity index (χ2n) is 8.99. The topological polar surface area (TPSA) is 76.0 Å². The van der Waals surface area contributed by atoms with Gasteiger partial charge in [-0.1, -0.05) is 33.3 Å². The summed E-state index contributed by atoms with van der Waals surface area (Å²) in [6.45, 7) is 8.32. The lowest BCUT2D eigenvalue weighted by molar-refractivity contribution is -0.322. The van der Waals surface area contributed by atoms with Crippen LogP contribution in [0.5, 0.6) is 0 Å². The smallest absolute Gasteiger partial charge is 0.333 e. The van der Waals surface area contributed by atoms with E-state index in [2.05, 4.69) is 20.8 Å². The van der Waals surface area contributed by atoms with E-state index >= 15 is 0 Å². The maximum Gasteiger partial charge on any atom is 0.333 e. The lowest BCUT2D eigenvalue weighted by Crippen LogP contribution is -2.66. The average molecular weight is 362 g/mol. The molecule has 0 aromatic rings. The van der Waals surface area contributed by atoms with Crippen molar-refractivity contribution < 1.29 is 24.5 Å².